The first kappa shape index (κ1) is 14.8. The van der Waals surface area contributed by atoms with Crippen LogP contribution in [0.3, 0.4) is 0 Å². The van der Waals surface area contributed by atoms with E-state index in [2.05, 4.69) is 30.4 Å². The molecule has 3 N–H and O–H groups in total. The molecule has 0 aliphatic heterocycles. The second-order valence-electron chi connectivity index (χ2n) is 4.86. The first-order valence-corrected chi connectivity index (χ1v) is 7.59. The first-order valence-electron chi connectivity index (χ1n) is 6.77. The summed E-state index contributed by atoms with van der Waals surface area (Å²) >= 11 is 1.70. The molecule has 2 aromatic rings. The zero-order valence-corrected chi connectivity index (χ0v) is 12.5. The van der Waals surface area contributed by atoms with E-state index in [9.17, 15) is 4.79 Å². The molecule has 1 heterocycles. The predicted octanol–water partition coefficient (Wildman–Crippen LogP) is 2.63. The Morgan fingerprint density at radius 1 is 1.25 bits per heavy atom. The summed E-state index contributed by atoms with van der Waals surface area (Å²) in [7, 11) is 0. The topological polar surface area (TPSA) is 55.1 Å². The maximum atomic E-state index is 11.9. The van der Waals surface area contributed by atoms with Gasteiger partial charge in [-0.3, -0.25) is 4.79 Å². The first-order chi connectivity index (χ1) is 9.65. The van der Waals surface area contributed by atoms with Crippen LogP contribution < -0.4 is 11.1 Å². The Morgan fingerprint density at radius 2 is 2.00 bits per heavy atom. The third-order valence-corrected chi connectivity index (χ3v) is 4.16. The van der Waals surface area contributed by atoms with Crippen LogP contribution >= 0.6 is 11.3 Å². The molecule has 0 fully saturated rings. The number of hydrogen-bond donors (Lipinski definition) is 2. The molecule has 0 saturated carbocycles. The van der Waals surface area contributed by atoms with Crippen LogP contribution in [0.4, 0.5) is 0 Å². The van der Waals surface area contributed by atoms with Crippen molar-refractivity contribution in [3.05, 3.63) is 57.8 Å². The van der Waals surface area contributed by atoms with Gasteiger partial charge in [0.15, 0.2) is 0 Å². The lowest BCUT2D eigenvalue weighted by molar-refractivity contribution is -0.122. The number of nitrogens with one attached hydrogen (secondary N) is 1. The lowest BCUT2D eigenvalue weighted by atomic mass is 10.1. The maximum Gasteiger partial charge on any atom is 0.237 e. The van der Waals surface area contributed by atoms with E-state index in [-0.39, 0.29) is 5.91 Å². The molecule has 0 spiro atoms. The van der Waals surface area contributed by atoms with Crippen LogP contribution in [0.25, 0.3) is 0 Å². The van der Waals surface area contributed by atoms with Crippen molar-refractivity contribution in [1.82, 2.24) is 5.32 Å². The summed E-state index contributed by atoms with van der Waals surface area (Å²) < 4.78 is 0. The minimum Gasteiger partial charge on any atom is -0.350 e. The van der Waals surface area contributed by atoms with Crippen molar-refractivity contribution in [1.29, 1.82) is 0 Å². The molecule has 0 aliphatic carbocycles. The number of carbonyl (C=O) groups excluding carboxylic acids is 1. The van der Waals surface area contributed by atoms with E-state index in [1.165, 1.54) is 10.4 Å². The van der Waals surface area contributed by atoms with Crippen molar-refractivity contribution in [2.24, 2.45) is 5.73 Å². The second-order valence-corrected chi connectivity index (χ2v) is 6.23. The van der Waals surface area contributed by atoms with Gasteiger partial charge in [0.25, 0.3) is 0 Å². The molecule has 2 rings (SSSR count). The van der Waals surface area contributed by atoms with Gasteiger partial charge in [0.05, 0.1) is 12.6 Å². The summed E-state index contributed by atoms with van der Waals surface area (Å²) in [4.78, 5) is 14.3. The fourth-order valence-electron chi connectivity index (χ4n) is 1.98. The molecule has 1 aromatic carbocycles. The molecule has 0 radical (unpaired) electrons. The van der Waals surface area contributed by atoms with Crippen molar-refractivity contribution in [2.75, 3.05) is 0 Å². The fourth-order valence-corrected chi connectivity index (χ4v) is 2.81. The number of thiophene rings is 1. The molecule has 1 unspecified atom stereocenters. The SMILES string of the molecule is Cc1ccc(CNC(=O)C(N)CCc2ccccc2)s1. The van der Waals surface area contributed by atoms with Crippen molar-refractivity contribution < 1.29 is 4.79 Å². The molecule has 20 heavy (non-hydrogen) atoms. The molecule has 0 saturated heterocycles. The van der Waals surface area contributed by atoms with Crippen molar-refractivity contribution in [3.8, 4) is 0 Å². The summed E-state index contributed by atoms with van der Waals surface area (Å²) in [6.45, 7) is 2.62. The van der Waals surface area contributed by atoms with Gasteiger partial charge in [-0.2, -0.15) is 0 Å². The quantitative estimate of drug-likeness (QED) is 0.858. The van der Waals surface area contributed by atoms with E-state index in [0.717, 1.165) is 11.3 Å². The highest BCUT2D eigenvalue weighted by molar-refractivity contribution is 7.11. The molecule has 106 valence electrons. The predicted molar refractivity (Wildman–Crippen MR) is 83.6 cm³/mol. The number of hydrogen-bond acceptors (Lipinski definition) is 3. The number of amides is 1. The van der Waals surface area contributed by atoms with Gasteiger partial charge < -0.3 is 11.1 Å². The van der Waals surface area contributed by atoms with Gasteiger partial charge in [0.1, 0.15) is 0 Å². The number of nitrogens with two attached hydrogens (primary N) is 1. The zero-order valence-electron chi connectivity index (χ0n) is 11.6. The average molecular weight is 288 g/mol. The Balaban J connectivity index is 1.74. The highest BCUT2D eigenvalue weighted by Gasteiger charge is 2.13. The summed E-state index contributed by atoms with van der Waals surface area (Å²) in [5.74, 6) is -0.0769. The van der Waals surface area contributed by atoms with Gasteiger partial charge in [-0.05, 0) is 37.5 Å². The zero-order chi connectivity index (χ0) is 14.4. The smallest absolute Gasteiger partial charge is 0.237 e. The van der Waals surface area contributed by atoms with Crippen LogP contribution in [-0.2, 0) is 17.8 Å². The largest absolute Gasteiger partial charge is 0.350 e. The minimum absolute atomic E-state index is 0.0769. The van der Waals surface area contributed by atoms with E-state index in [1.807, 2.05) is 24.3 Å². The average Bonchev–Trinajstić information content (AvgIpc) is 2.89. The maximum absolute atomic E-state index is 11.9. The lowest BCUT2D eigenvalue weighted by Crippen LogP contribution is -2.40. The van der Waals surface area contributed by atoms with Gasteiger partial charge >= 0.3 is 0 Å². The van der Waals surface area contributed by atoms with Gasteiger partial charge in [-0.25, -0.2) is 0 Å². The third-order valence-electron chi connectivity index (χ3n) is 3.16. The molecule has 1 atom stereocenters. The van der Waals surface area contributed by atoms with E-state index >= 15 is 0 Å². The second kappa shape index (κ2) is 7.22. The molecule has 3 nitrogen and oxygen atoms in total. The summed E-state index contributed by atoms with van der Waals surface area (Å²) in [6, 6.07) is 13.7. The number of benzene rings is 1. The molecule has 4 heteroatoms. The van der Waals surface area contributed by atoms with Crippen molar-refractivity contribution in [2.45, 2.75) is 32.4 Å². The Labute approximate surface area is 123 Å². The highest BCUT2D eigenvalue weighted by Crippen LogP contribution is 2.14. The van der Waals surface area contributed by atoms with Crippen LogP contribution in [0, 0.1) is 6.92 Å². The van der Waals surface area contributed by atoms with E-state index in [1.54, 1.807) is 11.3 Å². The van der Waals surface area contributed by atoms with Crippen molar-refractivity contribution in [3.63, 3.8) is 0 Å². The van der Waals surface area contributed by atoms with E-state index in [0.29, 0.717) is 13.0 Å². The Morgan fingerprint density at radius 3 is 2.65 bits per heavy atom. The highest BCUT2D eigenvalue weighted by atomic mass is 32.1. The minimum atomic E-state index is -0.448. The van der Waals surface area contributed by atoms with Gasteiger partial charge in [0.2, 0.25) is 5.91 Å². The monoisotopic (exact) mass is 288 g/mol. The van der Waals surface area contributed by atoms with E-state index in [4.69, 9.17) is 5.73 Å². The molecular weight excluding hydrogens is 268 g/mol. The van der Waals surface area contributed by atoms with Crippen LogP contribution in [-0.4, -0.2) is 11.9 Å². The van der Waals surface area contributed by atoms with Crippen molar-refractivity contribution >= 4 is 17.2 Å². The third kappa shape index (κ3) is 4.47. The van der Waals surface area contributed by atoms with Crippen LogP contribution in [0.2, 0.25) is 0 Å². The van der Waals surface area contributed by atoms with Crippen LogP contribution in [0.1, 0.15) is 21.7 Å². The summed E-state index contributed by atoms with van der Waals surface area (Å²) in [5, 5.41) is 2.89. The molecule has 0 bridgehead atoms. The normalized spacial score (nSPS) is 12.1. The summed E-state index contributed by atoms with van der Waals surface area (Å²) in [6.07, 6.45) is 1.49. The molecule has 1 aromatic heterocycles. The van der Waals surface area contributed by atoms with Crippen LogP contribution in [0.5, 0.6) is 0 Å². The molecule has 1 amide bonds. The number of aryl methyl sites for hydroxylation is 2. The number of carbonyl (C=O) groups is 1. The Bertz CT molecular complexity index is 551. The van der Waals surface area contributed by atoms with Gasteiger partial charge in [-0.1, -0.05) is 30.3 Å². The number of rotatable bonds is 6. The lowest BCUT2D eigenvalue weighted by Gasteiger charge is -2.11. The molecule has 0 aliphatic rings. The fraction of sp³-hybridized carbons (Fsp3) is 0.312. The summed E-state index contributed by atoms with van der Waals surface area (Å²) in [5.41, 5.74) is 7.14. The molecular formula is C16H20N2OS. The van der Waals surface area contributed by atoms with Gasteiger partial charge in [0, 0.05) is 9.75 Å². The Hall–Kier alpha value is -1.65. The standard InChI is InChI=1S/C16H20N2OS/c1-12-7-9-14(20-12)11-18-16(19)15(17)10-8-13-5-3-2-4-6-13/h2-7,9,15H,8,10-11,17H2,1H3,(H,18,19). The Kier molecular flexibility index (Phi) is 5.32. The van der Waals surface area contributed by atoms with Crippen LogP contribution in [0.15, 0.2) is 42.5 Å². The van der Waals surface area contributed by atoms with Gasteiger partial charge in [-0.15, -0.1) is 11.3 Å². The van der Waals surface area contributed by atoms with E-state index < -0.39 is 6.04 Å².